The van der Waals surface area contributed by atoms with E-state index in [1.54, 1.807) is 19.1 Å². The van der Waals surface area contributed by atoms with Gasteiger partial charge in [-0.3, -0.25) is 4.90 Å². The highest BCUT2D eigenvalue weighted by atomic mass is 16.5. The van der Waals surface area contributed by atoms with Crippen LogP contribution >= 0.6 is 0 Å². The number of esters is 1. The van der Waals surface area contributed by atoms with Crippen LogP contribution < -0.4 is 0 Å². The average molecular weight is 359 g/mol. The van der Waals surface area contributed by atoms with Crippen LogP contribution in [-0.4, -0.2) is 42.3 Å². The van der Waals surface area contributed by atoms with E-state index in [-0.39, 0.29) is 11.9 Å². The maximum Gasteiger partial charge on any atom is 0.341 e. The van der Waals surface area contributed by atoms with Gasteiger partial charge in [0.25, 0.3) is 0 Å². The molecule has 3 rings (SSSR count). The fraction of sp³-hybridized carbons (Fsp3) is 0.450. The van der Waals surface area contributed by atoms with Crippen LogP contribution in [-0.2, 0) is 22.6 Å². The fourth-order valence-corrected chi connectivity index (χ4v) is 3.30. The highest BCUT2D eigenvalue weighted by Gasteiger charge is 2.22. The Morgan fingerprint density at radius 1 is 1.35 bits per heavy atom. The molecular formula is C20H25NO5. The zero-order chi connectivity index (χ0) is 18.5. The summed E-state index contributed by atoms with van der Waals surface area (Å²) in [5.41, 5.74) is 1.30. The van der Waals surface area contributed by atoms with Crippen molar-refractivity contribution in [1.29, 1.82) is 0 Å². The van der Waals surface area contributed by atoms with Crippen molar-refractivity contribution in [3.8, 4) is 5.75 Å². The Bertz CT molecular complexity index is 748. The van der Waals surface area contributed by atoms with Crippen LogP contribution in [0.3, 0.4) is 0 Å². The van der Waals surface area contributed by atoms with E-state index < -0.39 is 5.97 Å². The van der Waals surface area contributed by atoms with E-state index in [2.05, 4.69) is 4.90 Å². The van der Waals surface area contributed by atoms with Gasteiger partial charge in [-0.2, -0.15) is 0 Å². The van der Waals surface area contributed by atoms with Gasteiger partial charge in [0.15, 0.2) is 0 Å². The Morgan fingerprint density at radius 3 is 2.85 bits per heavy atom. The fourth-order valence-electron chi connectivity index (χ4n) is 3.30. The van der Waals surface area contributed by atoms with Crippen molar-refractivity contribution in [3.05, 3.63) is 53.0 Å². The smallest absolute Gasteiger partial charge is 0.341 e. The van der Waals surface area contributed by atoms with E-state index in [4.69, 9.17) is 13.9 Å². The summed E-state index contributed by atoms with van der Waals surface area (Å²) in [4.78, 5) is 14.0. The number of phenolic OH excluding ortho intramolecular Hbond substituents is 1. The second kappa shape index (κ2) is 8.38. The zero-order valence-corrected chi connectivity index (χ0v) is 15.2. The number of hydrogen-bond acceptors (Lipinski definition) is 6. The van der Waals surface area contributed by atoms with Gasteiger partial charge in [0.1, 0.15) is 22.8 Å². The van der Waals surface area contributed by atoms with Gasteiger partial charge in [0.2, 0.25) is 0 Å². The van der Waals surface area contributed by atoms with E-state index in [1.165, 1.54) is 7.11 Å². The van der Waals surface area contributed by atoms with Crippen LogP contribution in [0.1, 0.15) is 40.3 Å². The number of phenols is 1. The van der Waals surface area contributed by atoms with E-state index in [9.17, 15) is 9.90 Å². The lowest BCUT2D eigenvalue weighted by molar-refractivity contribution is 0.0598. The number of nitrogens with zero attached hydrogens (tertiary/aromatic N) is 1. The summed E-state index contributed by atoms with van der Waals surface area (Å²) in [7, 11) is 1.36. The summed E-state index contributed by atoms with van der Waals surface area (Å²) >= 11 is 0. The lowest BCUT2D eigenvalue weighted by Crippen LogP contribution is -2.31. The summed E-state index contributed by atoms with van der Waals surface area (Å²) in [5, 5.41) is 10.1. The third-order valence-electron chi connectivity index (χ3n) is 4.62. The minimum absolute atomic E-state index is 0.178. The van der Waals surface area contributed by atoms with Crippen LogP contribution in [0, 0.1) is 6.92 Å². The van der Waals surface area contributed by atoms with E-state index in [1.807, 2.05) is 18.2 Å². The van der Waals surface area contributed by atoms with Crippen molar-refractivity contribution in [2.45, 2.75) is 39.0 Å². The number of carbonyl (C=O) groups excluding carboxylic acids is 1. The van der Waals surface area contributed by atoms with Crippen molar-refractivity contribution in [3.63, 3.8) is 0 Å². The minimum Gasteiger partial charge on any atom is -0.508 e. The molecule has 1 aromatic carbocycles. The van der Waals surface area contributed by atoms with Crippen LogP contribution in [0.5, 0.6) is 5.75 Å². The third-order valence-corrected chi connectivity index (χ3v) is 4.62. The first-order valence-electron chi connectivity index (χ1n) is 8.85. The van der Waals surface area contributed by atoms with Crippen LogP contribution in [0.15, 0.2) is 34.7 Å². The van der Waals surface area contributed by atoms with Crippen molar-refractivity contribution in [2.24, 2.45) is 0 Å². The molecule has 1 aliphatic rings. The van der Waals surface area contributed by atoms with Crippen LogP contribution in [0.2, 0.25) is 0 Å². The summed E-state index contributed by atoms with van der Waals surface area (Å²) in [6, 6.07) is 9.04. The number of furan rings is 1. The van der Waals surface area contributed by atoms with E-state index in [0.717, 1.165) is 31.6 Å². The van der Waals surface area contributed by atoms with Crippen molar-refractivity contribution < 1.29 is 23.8 Å². The Labute approximate surface area is 153 Å². The van der Waals surface area contributed by atoms with Crippen LogP contribution in [0.25, 0.3) is 0 Å². The average Bonchev–Trinajstić information content (AvgIpc) is 3.26. The summed E-state index contributed by atoms with van der Waals surface area (Å²) in [6.07, 6.45) is 2.28. The molecule has 1 aliphatic heterocycles. The second-order valence-electron chi connectivity index (χ2n) is 6.61. The highest BCUT2D eigenvalue weighted by Crippen LogP contribution is 2.23. The minimum atomic E-state index is -0.399. The number of aromatic hydroxyl groups is 1. The molecule has 6 heteroatoms. The second-order valence-corrected chi connectivity index (χ2v) is 6.61. The molecule has 0 bridgehead atoms. The Balaban J connectivity index is 1.76. The Morgan fingerprint density at radius 2 is 2.15 bits per heavy atom. The van der Waals surface area contributed by atoms with Crippen molar-refractivity contribution in [1.82, 2.24) is 4.90 Å². The van der Waals surface area contributed by atoms with E-state index >= 15 is 0 Å². The highest BCUT2D eigenvalue weighted by molar-refractivity contribution is 5.90. The third kappa shape index (κ3) is 4.45. The van der Waals surface area contributed by atoms with Crippen LogP contribution in [0.4, 0.5) is 0 Å². The van der Waals surface area contributed by atoms with Gasteiger partial charge < -0.3 is 19.0 Å². The zero-order valence-electron chi connectivity index (χ0n) is 15.2. The first kappa shape index (κ1) is 18.5. The molecule has 0 amide bonds. The normalized spacial score (nSPS) is 17.0. The van der Waals surface area contributed by atoms with Gasteiger partial charge in [-0.1, -0.05) is 18.2 Å². The van der Waals surface area contributed by atoms with Gasteiger partial charge in [-0.05, 0) is 31.9 Å². The first-order valence-corrected chi connectivity index (χ1v) is 8.85. The molecule has 1 N–H and O–H groups in total. The first-order chi connectivity index (χ1) is 12.6. The van der Waals surface area contributed by atoms with Gasteiger partial charge in [0.05, 0.1) is 19.8 Å². The predicted octanol–water partition coefficient (Wildman–Crippen LogP) is 3.26. The number of methoxy groups -OCH3 is 1. The quantitative estimate of drug-likeness (QED) is 0.765. The van der Waals surface area contributed by atoms with E-state index in [0.29, 0.717) is 30.2 Å². The largest absolute Gasteiger partial charge is 0.508 e. The van der Waals surface area contributed by atoms with Gasteiger partial charge in [-0.15, -0.1) is 0 Å². The number of rotatable bonds is 7. The number of carbonyl (C=O) groups is 1. The van der Waals surface area contributed by atoms with Gasteiger partial charge >= 0.3 is 5.97 Å². The number of aryl methyl sites for hydroxylation is 1. The molecule has 2 heterocycles. The molecule has 0 saturated carbocycles. The molecule has 1 saturated heterocycles. The van der Waals surface area contributed by atoms with Crippen molar-refractivity contribution >= 4 is 5.97 Å². The number of hydrogen-bond donors (Lipinski definition) is 1. The summed E-state index contributed by atoms with van der Waals surface area (Å²) in [5.74, 6) is 1.11. The molecule has 1 aromatic heterocycles. The molecule has 26 heavy (non-hydrogen) atoms. The Kier molecular flexibility index (Phi) is 5.96. The summed E-state index contributed by atoms with van der Waals surface area (Å²) < 4.78 is 16.3. The monoisotopic (exact) mass is 359 g/mol. The molecule has 1 unspecified atom stereocenters. The maximum absolute atomic E-state index is 11.8. The molecule has 0 spiro atoms. The molecular weight excluding hydrogens is 334 g/mol. The van der Waals surface area contributed by atoms with Crippen molar-refractivity contribution in [2.75, 3.05) is 20.3 Å². The van der Waals surface area contributed by atoms with Gasteiger partial charge in [0, 0.05) is 25.3 Å². The SMILES string of the molecule is COC(=O)c1cc(CN(Cc2ccccc2O)CC2CCCO2)oc1C. The number of para-hydroxylation sites is 1. The standard InChI is InChI=1S/C20H25NO5/c1-14-18(20(23)24-2)10-17(26-14)13-21(12-16-7-5-9-25-16)11-15-6-3-4-8-19(15)22/h3-4,6,8,10,16,22H,5,7,9,11-13H2,1-2H3. The lowest BCUT2D eigenvalue weighted by atomic mass is 10.1. The van der Waals surface area contributed by atoms with Gasteiger partial charge in [-0.25, -0.2) is 4.79 Å². The molecule has 0 aliphatic carbocycles. The maximum atomic E-state index is 11.8. The molecule has 1 atom stereocenters. The Hall–Kier alpha value is -2.31. The predicted molar refractivity (Wildman–Crippen MR) is 96.0 cm³/mol. The molecule has 2 aromatic rings. The lowest BCUT2D eigenvalue weighted by Gasteiger charge is -2.24. The molecule has 0 radical (unpaired) electrons. The topological polar surface area (TPSA) is 72.1 Å². The number of benzene rings is 1. The molecule has 1 fully saturated rings. The summed E-state index contributed by atoms with van der Waals surface area (Å²) in [6.45, 7) is 4.37. The number of ether oxygens (including phenoxy) is 2. The molecule has 6 nitrogen and oxygen atoms in total. The molecule has 140 valence electrons.